The van der Waals surface area contributed by atoms with Crippen molar-refractivity contribution in [2.45, 2.75) is 0 Å². The van der Waals surface area contributed by atoms with Crippen molar-refractivity contribution in [1.29, 1.82) is 0 Å². The maximum absolute atomic E-state index is 1.44. The van der Waals surface area contributed by atoms with Gasteiger partial charge in [0.15, 0.2) is 0 Å². The van der Waals surface area contributed by atoms with E-state index in [0.29, 0.717) is 0 Å². The van der Waals surface area contributed by atoms with Gasteiger partial charge in [0.05, 0.1) is 0 Å². The molecule has 1 radical (unpaired) electrons. The average Bonchev–Trinajstić information content (AvgIpc) is 1.00. The van der Waals surface area contributed by atoms with Gasteiger partial charge in [-0.05, 0) is 0 Å². The van der Waals surface area contributed by atoms with Crippen LogP contribution in [0.25, 0.3) is 0 Å². The largest absolute Gasteiger partial charge is 0 e. The first-order valence-electron chi connectivity index (χ1n) is 0.500. The summed E-state index contributed by atoms with van der Waals surface area (Å²) in [5, 5.41) is 0. The Labute approximate surface area is 114 Å². The second-order valence-electron chi connectivity index (χ2n) is 0. The maximum atomic E-state index is 1.44. The fourth-order valence-electron chi connectivity index (χ4n) is 0. The molecule has 0 aliphatic carbocycles. The zero-order chi connectivity index (χ0) is 2.00. The fourth-order valence-corrected chi connectivity index (χ4v) is 0. The molecule has 0 N–H and O–H groups in total. The summed E-state index contributed by atoms with van der Waals surface area (Å²) in [6.45, 7) is 0. The van der Waals surface area contributed by atoms with Crippen molar-refractivity contribution >= 4 is 9.07 Å². The molecular weight excluding hydrogens is 413 g/mol. The van der Waals surface area contributed by atoms with E-state index >= 15 is 0 Å². The van der Waals surface area contributed by atoms with Crippen LogP contribution in [0, 0.1) is 76.3 Å². The smallest absolute Gasteiger partial charge is 0 e. The van der Waals surface area contributed by atoms with E-state index in [9.17, 15) is 0 Å². The number of hydrogen-bond acceptors (Lipinski definition) is 0. The van der Waals surface area contributed by atoms with Crippen LogP contribution in [0.15, 0.2) is 0 Å². The zero-order valence-corrected chi connectivity index (χ0v) is 12.7. The van der Waals surface area contributed by atoms with Crippen LogP contribution in [0.3, 0.4) is 0 Å². The molecule has 0 rings (SSSR count). The molecule has 4 heavy (non-hydrogen) atoms. The standard InChI is InChI=1S/Al.Ce.Gd.Y.2H. The Balaban J connectivity index is -0.00000000500. The van der Waals surface area contributed by atoms with Crippen molar-refractivity contribution in [3.8, 4) is 0 Å². The number of hydrogen-bond donors (Lipinski definition) is 0. The number of rotatable bonds is 0. The predicted octanol–water partition coefficient (Wildman–Crippen LogP) is -0.919. The summed E-state index contributed by atoms with van der Waals surface area (Å²) in [5.74, 6) is 0. The summed E-state index contributed by atoms with van der Waals surface area (Å²) < 4.78 is 0. The minimum atomic E-state index is 0. The molecule has 20 valence electrons. The summed E-state index contributed by atoms with van der Waals surface area (Å²) in [5.41, 5.74) is 0. The molecule has 4 heteroatoms. The van der Waals surface area contributed by atoms with E-state index < -0.39 is 0 Å². The Morgan fingerprint density at radius 1 is 1.25 bits per heavy atom. The van der Waals surface area contributed by atoms with Crippen molar-refractivity contribution in [2.24, 2.45) is 0 Å². The third-order valence-corrected chi connectivity index (χ3v) is 0. The Morgan fingerprint density at radius 2 is 1.25 bits per heavy atom. The van der Waals surface area contributed by atoms with Crippen molar-refractivity contribution < 1.29 is 109 Å². The van der Waals surface area contributed by atoms with Crippen LogP contribution in [0.2, 0.25) is 0 Å². The van der Waals surface area contributed by atoms with Gasteiger partial charge in [-0.25, -0.2) is 0 Å². The van der Waals surface area contributed by atoms with E-state index in [4.69, 9.17) is 0 Å². The molecule has 0 aromatic rings. The van der Waals surface area contributed by atoms with Crippen molar-refractivity contribution in [3.63, 3.8) is 0 Å². The molecule has 0 fully saturated rings. The van der Waals surface area contributed by atoms with Gasteiger partial charge in [-0.3, -0.25) is 0 Å². The molecular formula is H2AlCeGdY. The van der Waals surface area contributed by atoms with Gasteiger partial charge >= 0.3 is 45.5 Å². The molecule has 0 aliphatic rings. The molecule has 0 unspecified atom stereocenters. The third kappa shape index (κ3) is 9.60. The van der Waals surface area contributed by atoms with Gasteiger partial charge in [-0.2, -0.15) is 0 Å². The SMILES string of the molecule is [AlH2][Ce].[Gd].[Y]. The third-order valence-electron chi connectivity index (χ3n) is 0. The van der Waals surface area contributed by atoms with E-state index in [-0.39, 0.29) is 72.6 Å². The van der Waals surface area contributed by atoms with Gasteiger partial charge in [-0.1, -0.05) is 0 Å². The van der Waals surface area contributed by atoms with E-state index in [1.165, 1.54) is 45.5 Å². The molecule has 0 aliphatic heterocycles. The van der Waals surface area contributed by atoms with Gasteiger partial charge in [-0.15, -0.1) is 0 Å². The van der Waals surface area contributed by atoms with Crippen LogP contribution in [0.1, 0.15) is 0 Å². The van der Waals surface area contributed by atoms with Crippen LogP contribution in [0.4, 0.5) is 0 Å². The van der Waals surface area contributed by atoms with Gasteiger partial charge < -0.3 is 0 Å². The van der Waals surface area contributed by atoms with E-state index in [2.05, 4.69) is 0 Å². The monoisotopic (exact) mass is 416 g/mol. The van der Waals surface area contributed by atoms with Gasteiger partial charge in [0.2, 0.25) is 0 Å². The molecule has 0 saturated carbocycles. The molecule has 0 spiro atoms. The van der Waals surface area contributed by atoms with Crippen LogP contribution >= 0.6 is 0 Å². The fraction of sp³-hybridized carbons (Fsp3) is 0. The molecule has 0 atom stereocenters. The van der Waals surface area contributed by atoms with Gasteiger partial charge in [0.25, 0.3) is 0 Å². The topological polar surface area (TPSA) is 0 Å². The average molecular weight is 415 g/mol. The Kier molecular flexibility index (Phi) is 61.7. The molecule has 0 nitrogen and oxygen atoms in total. The minimum absolute atomic E-state index is 0. The van der Waals surface area contributed by atoms with E-state index in [1.807, 2.05) is 0 Å². The summed E-state index contributed by atoms with van der Waals surface area (Å²) in [6, 6.07) is 0. The quantitative estimate of drug-likeness (QED) is 0.450. The van der Waals surface area contributed by atoms with Crippen LogP contribution < -0.4 is 0 Å². The van der Waals surface area contributed by atoms with Crippen LogP contribution in [0.5, 0.6) is 0 Å². The van der Waals surface area contributed by atoms with E-state index in [0.717, 1.165) is 0 Å². The summed E-state index contributed by atoms with van der Waals surface area (Å²) in [4.78, 5) is 0. The van der Waals surface area contributed by atoms with Crippen molar-refractivity contribution in [1.82, 2.24) is 0 Å². The molecule has 0 amide bonds. The molecule has 0 bridgehead atoms. The van der Waals surface area contributed by atoms with Crippen molar-refractivity contribution in [3.05, 3.63) is 0 Å². The van der Waals surface area contributed by atoms with Gasteiger partial charge in [0.1, 0.15) is 0 Å². The molecule has 0 aromatic carbocycles. The first-order valence-corrected chi connectivity index (χ1v) is 10.9. The van der Waals surface area contributed by atoms with Crippen molar-refractivity contribution in [2.75, 3.05) is 0 Å². The van der Waals surface area contributed by atoms with Crippen LogP contribution in [-0.4, -0.2) is 9.07 Å². The molecule has 0 saturated heterocycles. The minimum Gasteiger partial charge on any atom is 0 e. The first kappa shape index (κ1) is 15.8. The molecule has 0 heterocycles. The zero-order valence-electron chi connectivity index (χ0n) is 2.43. The Morgan fingerprint density at radius 3 is 1.25 bits per heavy atom. The van der Waals surface area contributed by atoms with Crippen LogP contribution in [-0.2, 0) is 32.7 Å². The maximum Gasteiger partial charge on any atom is 0 e. The molecule has 0 aromatic heterocycles. The summed E-state index contributed by atoms with van der Waals surface area (Å²) in [6.07, 6.45) is 0. The Hall–Kier alpha value is 4.34. The second-order valence-corrected chi connectivity index (χ2v) is 0. The van der Waals surface area contributed by atoms with Gasteiger partial charge in [0, 0.05) is 72.6 Å². The first-order chi connectivity index (χ1) is 1.00. The normalized spacial score (nSPS) is 0.750. The predicted molar refractivity (Wildman–Crippen MR) is 8.54 cm³/mol. The Bertz CT molecular complexity index is 8.00. The van der Waals surface area contributed by atoms with E-state index in [1.54, 1.807) is 0 Å². The second kappa shape index (κ2) is 15.7. The summed E-state index contributed by atoms with van der Waals surface area (Å²) in [7, 11) is 1.44. The summed E-state index contributed by atoms with van der Waals surface area (Å²) >= 11 is 1.44.